The molecule has 0 aromatic heterocycles. The van der Waals surface area contributed by atoms with Crippen LogP contribution in [0.15, 0.2) is 42.5 Å². The Morgan fingerprint density at radius 3 is 2.78 bits per heavy atom. The number of halogens is 2. The van der Waals surface area contributed by atoms with Crippen LogP contribution in [0.5, 0.6) is 5.75 Å². The number of para-hydroxylation sites is 1. The van der Waals surface area contributed by atoms with E-state index in [9.17, 15) is 9.59 Å². The maximum absolute atomic E-state index is 12.6. The van der Waals surface area contributed by atoms with E-state index in [1.165, 1.54) is 4.90 Å². The van der Waals surface area contributed by atoms with Crippen molar-refractivity contribution in [1.82, 2.24) is 4.90 Å². The van der Waals surface area contributed by atoms with E-state index in [1.54, 1.807) is 49.5 Å². The zero-order chi connectivity index (χ0) is 19.4. The Morgan fingerprint density at radius 1 is 1.22 bits per heavy atom. The number of anilines is 2. The van der Waals surface area contributed by atoms with E-state index in [2.05, 4.69) is 5.32 Å². The zero-order valence-electron chi connectivity index (χ0n) is 14.7. The van der Waals surface area contributed by atoms with Crippen LogP contribution in [0.4, 0.5) is 11.4 Å². The molecule has 0 saturated heterocycles. The Morgan fingerprint density at radius 2 is 2.00 bits per heavy atom. The zero-order valence-corrected chi connectivity index (χ0v) is 16.3. The first-order valence-electron chi connectivity index (χ1n) is 8.39. The first kappa shape index (κ1) is 19.3. The molecular weight excluding hydrogens is 389 g/mol. The number of hydrogen-bond donors (Lipinski definition) is 1. The molecule has 1 heterocycles. The van der Waals surface area contributed by atoms with Crippen molar-refractivity contribution in [2.24, 2.45) is 0 Å². The highest BCUT2D eigenvalue weighted by Gasteiger charge is 2.23. The fraction of sp³-hybridized carbons (Fsp3) is 0.263. The molecule has 0 saturated carbocycles. The number of benzene rings is 2. The summed E-state index contributed by atoms with van der Waals surface area (Å²) in [5, 5.41) is 3.73. The summed E-state index contributed by atoms with van der Waals surface area (Å²) in [6.07, 6.45) is 0. The van der Waals surface area contributed by atoms with Gasteiger partial charge in [-0.05, 0) is 30.3 Å². The lowest BCUT2D eigenvalue weighted by Gasteiger charge is -2.32. The van der Waals surface area contributed by atoms with Gasteiger partial charge in [0, 0.05) is 12.1 Å². The lowest BCUT2D eigenvalue weighted by Crippen LogP contribution is -2.44. The van der Waals surface area contributed by atoms with E-state index in [4.69, 9.17) is 27.9 Å². The predicted molar refractivity (Wildman–Crippen MR) is 107 cm³/mol. The lowest BCUT2D eigenvalue weighted by molar-refractivity contribution is -0.132. The lowest BCUT2D eigenvalue weighted by atomic mass is 10.2. The van der Waals surface area contributed by atoms with Crippen LogP contribution in [0.3, 0.4) is 0 Å². The predicted octanol–water partition coefficient (Wildman–Crippen LogP) is 3.29. The van der Waals surface area contributed by atoms with Gasteiger partial charge in [0.05, 0.1) is 36.0 Å². The summed E-state index contributed by atoms with van der Waals surface area (Å²) in [6, 6.07) is 12.3. The summed E-state index contributed by atoms with van der Waals surface area (Å²) in [4.78, 5) is 28.0. The summed E-state index contributed by atoms with van der Waals surface area (Å²) < 4.78 is 5.59. The van der Waals surface area contributed by atoms with Crippen LogP contribution >= 0.6 is 23.2 Å². The van der Waals surface area contributed by atoms with Crippen LogP contribution in [0, 0.1) is 0 Å². The Bertz CT molecular complexity index is 860. The average Bonchev–Trinajstić information content (AvgIpc) is 2.64. The monoisotopic (exact) mass is 407 g/mol. The Hall–Kier alpha value is -2.44. The highest BCUT2D eigenvalue weighted by Crippen LogP contribution is 2.33. The molecule has 1 N–H and O–H groups in total. The van der Waals surface area contributed by atoms with E-state index in [-0.39, 0.29) is 24.9 Å². The molecule has 1 aliphatic heterocycles. The molecular formula is C19H19Cl2N3O3. The van der Waals surface area contributed by atoms with Gasteiger partial charge in [0.15, 0.2) is 0 Å². The highest BCUT2D eigenvalue weighted by molar-refractivity contribution is 6.33. The van der Waals surface area contributed by atoms with Crippen molar-refractivity contribution in [3.63, 3.8) is 0 Å². The van der Waals surface area contributed by atoms with Crippen molar-refractivity contribution in [2.45, 2.75) is 0 Å². The quantitative estimate of drug-likeness (QED) is 0.825. The molecule has 3 rings (SSSR count). The normalized spacial score (nSPS) is 12.8. The number of likely N-dealkylation sites (N-methyl/N-ethyl adjacent to an activating group) is 1. The van der Waals surface area contributed by atoms with Crippen LogP contribution < -0.4 is 15.0 Å². The molecule has 2 amide bonds. The van der Waals surface area contributed by atoms with E-state index >= 15 is 0 Å². The molecule has 27 heavy (non-hydrogen) atoms. The number of ether oxygens (including phenoxy) is 1. The van der Waals surface area contributed by atoms with Crippen molar-refractivity contribution in [3.05, 3.63) is 52.5 Å². The van der Waals surface area contributed by atoms with Gasteiger partial charge in [-0.25, -0.2) is 0 Å². The van der Waals surface area contributed by atoms with Gasteiger partial charge in [-0.3, -0.25) is 9.59 Å². The van der Waals surface area contributed by atoms with Gasteiger partial charge in [-0.15, -0.1) is 0 Å². The van der Waals surface area contributed by atoms with Crippen molar-refractivity contribution >= 4 is 46.4 Å². The third kappa shape index (κ3) is 4.84. The van der Waals surface area contributed by atoms with Crippen LogP contribution in [-0.2, 0) is 9.59 Å². The molecule has 2 aromatic carbocycles. The van der Waals surface area contributed by atoms with Crippen molar-refractivity contribution in [1.29, 1.82) is 0 Å². The minimum Gasteiger partial charge on any atom is -0.490 e. The second-order valence-electron chi connectivity index (χ2n) is 6.16. The SMILES string of the molecule is CN(CC(=O)Nc1ccccc1Cl)C(=O)CN1CCOc2ccc(Cl)cc21. The number of fused-ring (bicyclic) bond motifs is 1. The molecule has 0 atom stereocenters. The second kappa shape index (κ2) is 8.50. The van der Waals surface area contributed by atoms with Gasteiger partial charge >= 0.3 is 0 Å². The third-order valence-corrected chi connectivity index (χ3v) is 4.73. The van der Waals surface area contributed by atoms with Crippen LogP contribution in [-0.4, -0.2) is 50.0 Å². The highest BCUT2D eigenvalue weighted by atomic mass is 35.5. The topological polar surface area (TPSA) is 61.9 Å². The molecule has 6 nitrogen and oxygen atoms in total. The van der Waals surface area contributed by atoms with Gasteiger partial charge < -0.3 is 19.9 Å². The molecule has 0 spiro atoms. The Kier molecular flexibility index (Phi) is 6.08. The molecule has 0 aliphatic carbocycles. The molecule has 2 aromatic rings. The van der Waals surface area contributed by atoms with Gasteiger partial charge in [-0.1, -0.05) is 35.3 Å². The van der Waals surface area contributed by atoms with E-state index in [1.807, 2.05) is 4.90 Å². The molecule has 8 heteroatoms. The largest absolute Gasteiger partial charge is 0.490 e. The summed E-state index contributed by atoms with van der Waals surface area (Å²) in [6.45, 7) is 1.11. The van der Waals surface area contributed by atoms with Crippen molar-refractivity contribution < 1.29 is 14.3 Å². The minimum absolute atomic E-state index is 0.0726. The average molecular weight is 408 g/mol. The standard InChI is InChI=1S/C19H19Cl2N3O3/c1-23(11-18(25)22-15-5-3-2-4-14(15)21)19(26)12-24-8-9-27-17-7-6-13(20)10-16(17)24/h2-7,10H,8-9,11-12H2,1H3,(H,22,25). The number of amides is 2. The van der Waals surface area contributed by atoms with Crippen molar-refractivity contribution in [3.8, 4) is 5.75 Å². The smallest absolute Gasteiger partial charge is 0.244 e. The maximum Gasteiger partial charge on any atom is 0.244 e. The fourth-order valence-electron chi connectivity index (χ4n) is 2.75. The fourth-order valence-corrected chi connectivity index (χ4v) is 3.10. The number of carbonyl (C=O) groups is 2. The van der Waals surface area contributed by atoms with Gasteiger partial charge in [-0.2, -0.15) is 0 Å². The summed E-state index contributed by atoms with van der Waals surface area (Å²) >= 11 is 12.1. The Labute approximate surface area is 167 Å². The number of nitrogens with zero attached hydrogens (tertiary/aromatic N) is 2. The summed E-state index contributed by atoms with van der Waals surface area (Å²) in [5.74, 6) is 0.194. The third-order valence-electron chi connectivity index (χ3n) is 4.16. The maximum atomic E-state index is 12.6. The van der Waals surface area contributed by atoms with Crippen LogP contribution in [0.25, 0.3) is 0 Å². The molecule has 0 unspecified atom stereocenters. The molecule has 1 aliphatic rings. The van der Waals surface area contributed by atoms with Crippen molar-refractivity contribution in [2.75, 3.05) is 43.5 Å². The van der Waals surface area contributed by atoms with Crippen LogP contribution in [0.2, 0.25) is 10.0 Å². The summed E-state index contributed by atoms with van der Waals surface area (Å²) in [5.41, 5.74) is 1.29. The second-order valence-corrected chi connectivity index (χ2v) is 7.00. The number of hydrogen-bond acceptors (Lipinski definition) is 4. The molecule has 0 bridgehead atoms. The van der Waals surface area contributed by atoms with E-state index < -0.39 is 0 Å². The Balaban J connectivity index is 1.59. The molecule has 142 valence electrons. The number of rotatable bonds is 5. The van der Waals surface area contributed by atoms with E-state index in [0.29, 0.717) is 34.6 Å². The first-order chi connectivity index (χ1) is 12.9. The molecule has 0 radical (unpaired) electrons. The van der Waals surface area contributed by atoms with Crippen LogP contribution in [0.1, 0.15) is 0 Å². The number of carbonyl (C=O) groups excluding carboxylic acids is 2. The van der Waals surface area contributed by atoms with E-state index in [0.717, 1.165) is 5.69 Å². The molecule has 0 fully saturated rings. The van der Waals surface area contributed by atoms with Gasteiger partial charge in [0.1, 0.15) is 12.4 Å². The summed E-state index contributed by atoms with van der Waals surface area (Å²) in [7, 11) is 1.59. The minimum atomic E-state index is -0.315. The van der Waals surface area contributed by atoms with Gasteiger partial charge in [0.2, 0.25) is 11.8 Å². The number of nitrogens with one attached hydrogen (secondary N) is 1. The van der Waals surface area contributed by atoms with Gasteiger partial charge in [0.25, 0.3) is 0 Å². The first-order valence-corrected chi connectivity index (χ1v) is 9.15.